The highest BCUT2D eigenvalue weighted by atomic mass is 16.5. The summed E-state index contributed by atoms with van der Waals surface area (Å²) in [5.74, 6) is 1.12. The molecule has 142 valence electrons. The molecule has 2 aromatic rings. The summed E-state index contributed by atoms with van der Waals surface area (Å²) in [7, 11) is 3.18. The van der Waals surface area contributed by atoms with E-state index in [1.54, 1.807) is 38.5 Å². The van der Waals surface area contributed by atoms with E-state index in [1.165, 1.54) is 6.92 Å². The van der Waals surface area contributed by atoms with Crippen LogP contribution in [-0.4, -0.2) is 26.2 Å². The van der Waals surface area contributed by atoms with Gasteiger partial charge in [-0.05, 0) is 48.7 Å². The number of methoxy groups -OCH3 is 2. The van der Waals surface area contributed by atoms with Crippen LogP contribution in [0, 0.1) is 0 Å². The van der Waals surface area contributed by atoms with Crippen LogP contribution in [0.1, 0.15) is 25.3 Å². The molecule has 0 radical (unpaired) electrons. The van der Waals surface area contributed by atoms with Crippen molar-refractivity contribution in [2.75, 3.05) is 24.9 Å². The van der Waals surface area contributed by atoms with E-state index in [9.17, 15) is 9.59 Å². The lowest BCUT2D eigenvalue weighted by Gasteiger charge is -2.20. The molecule has 7 heteroatoms. The van der Waals surface area contributed by atoms with Gasteiger partial charge in [0.2, 0.25) is 5.91 Å². The van der Waals surface area contributed by atoms with Gasteiger partial charge < -0.3 is 25.4 Å². The van der Waals surface area contributed by atoms with Gasteiger partial charge in [-0.1, -0.05) is 12.1 Å². The molecule has 3 amide bonds. The fraction of sp³-hybridized carbons (Fsp3) is 0.300. The fourth-order valence-corrected chi connectivity index (χ4v) is 3.00. The normalized spacial score (nSPS) is 14.0. The van der Waals surface area contributed by atoms with Crippen molar-refractivity contribution in [2.24, 2.45) is 0 Å². The second-order valence-electron chi connectivity index (χ2n) is 6.49. The van der Waals surface area contributed by atoms with Crippen molar-refractivity contribution < 1.29 is 19.1 Å². The van der Waals surface area contributed by atoms with Gasteiger partial charge in [0, 0.05) is 18.3 Å². The highest BCUT2D eigenvalue weighted by Gasteiger charge is 2.46. The minimum atomic E-state index is -0.404. The minimum absolute atomic E-state index is 0.165. The van der Waals surface area contributed by atoms with Crippen LogP contribution in [0.25, 0.3) is 0 Å². The summed E-state index contributed by atoms with van der Waals surface area (Å²) in [6, 6.07) is 12.4. The van der Waals surface area contributed by atoms with Gasteiger partial charge in [-0.25, -0.2) is 4.79 Å². The Balaban J connectivity index is 1.70. The molecule has 0 bridgehead atoms. The van der Waals surface area contributed by atoms with Crippen LogP contribution < -0.4 is 25.4 Å². The number of benzene rings is 2. The molecule has 1 aliphatic carbocycles. The van der Waals surface area contributed by atoms with Gasteiger partial charge in [0.25, 0.3) is 0 Å². The molecule has 2 aromatic carbocycles. The minimum Gasteiger partial charge on any atom is -0.493 e. The number of hydrogen-bond acceptors (Lipinski definition) is 4. The second kappa shape index (κ2) is 7.57. The quantitative estimate of drug-likeness (QED) is 0.727. The SMILES string of the molecule is COc1ccc(C2(NC(=O)Nc3cccc(NC(C)=O)c3)CC2)cc1OC. The van der Waals surface area contributed by atoms with Gasteiger partial charge in [0.05, 0.1) is 19.8 Å². The van der Waals surface area contributed by atoms with Crippen molar-refractivity contribution in [1.29, 1.82) is 0 Å². The molecule has 0 aromatic heterocycles. The van der Waals surface area contributed by atoms with Crippen LogP contribution in [0.4, 0.5) is 16.2 Å². The number of ether oxygens (including phenoxy) is 2. The number of urea groups is 1. The van der Waals surface area contributed by atoms with E-state index in [2.05, 4.69) is 16.0 Å². The van der Waals surface area contributed by atoms with Crippen LogP contribution in [0.15, 0.2) is 42.5 Å². The van der Waals surface area contributed by atoms with Gasteiger partial charge in [0.15, 0.2) is 11.5 Å². The number of hydrogen-bond donors (Lipinski definition) is 3. The Labute approximate surface area is 158 Å². The summed E-state index contributed by atoms with van der Waals surface area (Å²) in [4.78, 5) is 23.7. The molecule has 1 fully saturated rings. The number of rotatable bonds is 6. The monoisotopic (exact) mass is 369 g/mol. The lowest BCUT2D eigenvalue weighted by Crippen LogP contribution is -2.38. The molecule has 7 nitrogen and oxygen atoms in total. The molecule has 0 atom stereocenters. The van der Waals surface area contributed by atoms with Gasteiger partial charge in [0.1, 0.15) is 0 Å². The lowest BCUT2D eigenvalue weighted by atomic mass is 10.0. The van der Waals surface area contributed by atoms with E-state index in [-0.39, 0.29) is 11.9 Å². The number of nitrogens with one attached hydrogen (secondary N) is 3. The summed E-state index contributed by atoms with van der Waals surface area (Å²) in [5, 5.41) is 8.55. The largest absolute Gasteiger partial charge is 0.493 e. The molecule has 0 heterocycles. The predicted molar refractivity (Wildman–Crippen MR) is 103 cm³/mol. The zero-order valence-corrected chi connectivity index (χ0v) is 15.6. The maximum atomic E-state index is 12.5. The molecule has 3 rings (SSSR count). The van der Waals surface area contributed by atoms with Crippen molar-refractivity contribution in [2.45, 2.75) is 25.3 Å². The molecule has 0 aliphatic heterocycles. The maximum Gasteiger partial charge on any atom is 0.319 e. The standard InChI is InChI=1S/C20H23N3O4/c1-13(24)21-15-5-4-6-16(12-15)22-19(25)23-20(9-10-20)14-7-8-17(26-2)18(11-14)27-3/h4-8,11-12H,9-10H2,1-3H3,(H,21,24)(H2,22,23,25). The third-order valence-electron chi connectivity index (χ3n) is 4.48. The molecule has 3 N–H and O–H groups in total. The molecular formula is C20H23N3O4. The van der Waals surface area contributed by atoms with Crippen molar-refractivity contribution in [3.05, 3.63) is 48.0 Å². The van der Waals surface area contributed by atoms with Gasteiger partial charge >= 0.3 is 6.03 Å². The van der Waals surface area contributed by atoms with E-state index < -0.39 is 5.54 Å². The highest BCUT2D eigenvalue weighted by molar-refractivity contribution is 5.93. The fourth-order valence-electron chi connectivity index (χ4n) is 3.00. The van der Waals surface area contributed by atoms with E-state index in [4.69, 9.17) is 9.47 Å². The first kappa shape index (κ1) is 18.6. The zero-order chi connectivity index (χ0) is 19.4. The summed E-state index contributed by atoms with van der Waals surface area (Å²) in [5.41, 5.74) is 1.80. The Bertz CT molecular complexity index is 862. The number of carbonyl (C=O) groups excluding carboxylic acids is 2. The zero-order valence-electron chi connectivity index (χ0n) is 15.6. The van der Waals surface area contributed by atoms with Crippen molar-refractivity contribution in [3.8, 4) is 11.5 Å². The first-order valence-electron chi connectivity index (χ1n) is 8.65. The van der Waals surface area contributed by atoms with Crippen LogP contribution >= 0.6 is 0 Å². The van der Waals surface area contributed by atoms with Crippen LogP contribution in [-0.2, 0) is 10.3 Å². The van der Waals surface area contributed by atoms with Crippen molar-refractivity contribution in [3.63, 3.8) is 0 Å². The van der Waals surface area contributed by atoms with Gasteiger partial charge in [-0.15, -0.1) is 0 Å². The summed E-state index contributed by atoms with van der Waals surface area (Å²) in [6.07, 6.45) is 1.70. The van der Waals surface area contributed by atoms with E-state index in [0.717, 1.165) is 18.4 Å². The van der Waals surface area contributed by atoms with E-state index in [0.29, 0.717) is 22.9 Å². The number of anilines is 2. The Morgan fingerprint density at radius 2 is 1.59 bits per heavy atom. The third-order valence-corrected chi connectivity index (χ3v) is 4.48. The average Bonchev–Trinajstić information content (AvgIpc) is 3.41. The van der Waals surface area contributed by atoms with E-state index in [1.807, 2.05) is 18.2 Å². The average molecular weight is 369 g/mol. The molecule has 0 saturated heterocycles. The van der Waals surface area contributed by atoms with E-state index >= 15 is 0 Å². The Morgan fingerprint density at radius 3 is 2.19 bits per heavy atom. The predicted octanol–water partition coefficient (Wildman–Crippen LogP) is 3.47. The smallest absolute Gasteiger partial charge is 0.319 e. The Kier molecular flexibility index (Phi) is 5.21. The highest BCUT2D eigenvalue weighted by Crippen LogP contribution is 2.47. The molecular weight excluding hydrogens is 346 g/mol. The van der Waals surface area contributed by atoms with Crippen molar-refractivity contribution >= 4 is 23.3 Å². The summed E-state index contributed by atoms with van der Waals surface area (Å²) < 4.78 is 10.6. The molecule has 0 unspecified atom stereocenters. The van der Waals surface area contributed by atoms with Gasteiger partial charge in [-0.3, -0.25) is 4.79 Å². The first-order valence-corrected chi connectivity index (χ1v) is 8.65. The Hall–Kier alpha value is -3.22. The molecule has 0 spiro atoms. The van der Waals surface area contributed by atoms with Crippen LogP contribution in [0.3, 0.4) is 0 Å². The molecule has 1 aliphatic rings. The number of carbonyl (C=O) groups is 2. The number of amides is 3. The van der Waals surface area contributed by atoms with Crippen LogP contribution in [0.5, 0.6) is 11.5 Å². The lowest BCUT2D eigenvalue weighted by molar-refractivity contribution is -0.114. The first-order chi connectivity index (χ1) is 13.0. The summed E-state index contributed by atoms with van der Waals surface area (Å²) in [6.45, 7) is 1.44. The molecule has 1 saturated carbocycles. The summed E-state index contributed by atoms with van der Waals surface area (Å²) >= 11 is 0. The third kappa shape index (κ3) is 4.31. The van der Waals surface area contributed by atoms with Crippen LogP contribution in [0.2, 0.25) is 0 Å². The topological polar surface area (TPSA) is 88.7 Å². The second-order valence-corrected chi connectivity index (χ2v) is 6.49. The van der Waals surface area contributed by atoms with Gasteiger partial charge in [-0.2, -0.15) is 0 Å². The molecule has 27 heavy (non-hydrogen) atoms. The maximum absolute atomic E-state index is 12.5. The Morgan fingerprint density at radius 1 is 0.926 bits per heavy atom. The van der Waals surface area contributed by atoms with Crippen molar-refractivity contribution in [1.82, 2.24) is 5.32 Å².